The van der Waals surface area contributed by atoms with Crippen LogP contribution in [0.15, 0.2) is 42.5 Å². The Morgan fingerprint density at radius 1 is 0.957 bits per heavy atom. The number of para-hydroxylation sites is 1. The lowest BCUT2D eigenvalue weighted by molar-refractivity contribution is 0.0746. The Morgan fingerprint density at radius 2 is 1.65 bits per heavy atom. The van der Waals surface area contributed by atoms with E-state index < -0.39 is 0 Å². The molecule has 1 heterocycles. The number of hydrogen-bond donors (Lipinski definition) is 0. The fraction of sp³-hybridized carbons (Fsp3) is 0.316. The molecular weight excluding hydrogens is 291 g/mol. The highest BCUT2D eigenvalue weighted by Crippen LogP contribution is 2.21. The fourth-order valence-electron chi connectivity index (χ4n) is 2.92. The van der Waals surface area contributed by atoms with Gasteiger partial charge in [-0.1, -0.05) is 18.2 Å². The van der Waals surface area contributed by atoms with E-state index in [0.29, 0.717) is 31.9 Å². The van der Waals surface area contributed by atoms with Crippen LogP contribution < -0.4 is 4.90 Å². The topological polar surface area (TPSA) is 23.6 Å². The maximum Gasteiger partial charge on any atom is 0.253 e. The van der Waals surface area contributed by atoms with E-state index in [-0.39, 0.29) is 11.7 Å². The second kappa shape index (κ2) is 6.41. The Hall–Kier alpha value is -2.36. The third kappa shape index (κ3) is 3.21. The lowest BCUT2D eigenvalue weighted by Gasteiger charge is -2.36. The molecule has 23 heavy (non-hydrogen) atoms. The molecule has 0 N–H and O–H groups in total. The van der Waals surface area contributed by atoms with Crippen LogP contribution in [0.5, 0.6) is 0 Å². The quantitative estimate of drug-likeness (QED) is 0.848. The Morgan fingerprint density at radius 3 is 2.30 bits per heavy atom. The second-order valence-electron chi connectivity index (χ2n) is 6.03. The highest BCUT2D eigenvalue weighted by atomic mass is 19.1. The van der Waals surface area contributed by atoms with Crippen molar-refractivity contribution in [3.63, 3.8) is 0 Å². The van der Waals surface area contributed by atoms with Crippen LogP contribution in [0, 0.1) is 19.7 Å². The molecule has 0 saturated carbocycles. The maximum atomic E-state index is 13.9. The molecule has 0 spiro atoms. The van der Waals surface area contributed by atoms with Gasteiger partial charge in [0, 0.05) is 31.7 Å². The molecule has 1 fully saturated rings. The molecule has 1 saturated heterocycles. The zero-order valence-corrected chi connectivity index (χ0v) is 13.6. The number of hydrogen-bond acceptors (Lipinski definition) is 2. The van der Waals surface area contributed by atoms with Crippen LogP contribution in [0.25, 0.3) is 0 Å². The van der Waals surface area contributed by atoms with Gasteiger partial charge in [-0.25, -0.2) is 4.39 Å². The molecule has 1 aliphatic rings. The Labute approximate surface area is 136 Å². The van der Waals surface area contributed by atoms with Gasteiger partial charge in [-0.2, -0.15) is 0 Å². The highest BCUT2D eigenvalue weighted by Gasteiger charge is 2.23. The van der Waals surface area contributed by atoms with Crippen LogP contribution in [-0.4, -0.2) is 37.0 Å². The third-order valence-electron chi connectivity index (χ3n) is 4.51. The molecule has 3 nitrogen and oxygen atoms in total. The normalized spacial score (nSPS) is 14.9. The summed E-state index contributed by atoms with van der Waals surface area (Å²) in [6.07, 6.45) is 0. The molecule has 2 aromatic carbocycles. The molecule has 0 bridgehead atoms. The molecule has 3 rings (SSSR count). The van der Waals surface area contributed by atoms with Crippen LogP contribution in [0.3, 0.4) is 0 Å². The summed E-state index contributed by atoms with van der Waals surface area (Å²) in [6.45, 7) is 6.58. The van der Waals surface area contributed by atoms with Gasteiger partial charge < -0.3 is 9.80 Å². The molecule has 120 valence electrons. The number of benzene rings is 2. The van der Waals surface area contributed by atoms with Gasteiger partial charge in [0.05, 0.1) is 5.69 Å². The number of nitrogens with zero attached hydrogens (tertiary/aromatic N) is 2. The van der Waals surface area contributed by atoms with Gasteiger partial charge in [0.2, 0.25) is 0 Å². The van der Waals surface area contributed by atoms with Crippen LogP contribution >= 0.6 is 0 Å². The lowest BCUT2D eigenvalue weighted by Crippen LogP contribution is -2.49. The van der Waals surface area contributed by atoms with Crippen molar-refractivity contribution in [3.05, 3.63) is 65.0 Å². The first-order chi connectivity index (χ1) is 11.1. The van der Waals surface area contributed by atoms with Gasteiger partial charge in [-0.05, 0) is 49.2 Å². The van der Waals surface area contributed by atoms with Crippen LogP contribution in [0.2, 0.25) is 0 Å². The summed E-state index contributed by atoms with van der Waals surface area (Å²) in [5.41, 5.74) is 3.66. The number of piperazine rings is 1. The van der Waals surface area contributed by atoms with E-state index in [0.717, 1.165) is 11.1 Å². The summed E-state index contributed by atoms with van der Waals surface area (Å²) in [7, 11) is 0. The molecule has 1 aliphatic heterocycles. The van der Waals surface area contributed by atoms with Crippen molar-refractivity contribution >= 4 is 11.6 Å². The van der Waals surface area contributed by atoms with Crippen molar-refractivity contribution in [1.29, 1.82) is 0 Å². The van der Waals surface area contributed by atoms with Crippen LogP contribution in [-0.2, 0) is 0 Å². The Kier molecular flexibility index (Phi) is 4.33. The summed E-state index contributed by atoms with van der Waals surface area (Å²) in [5, 5.41) is 0. The molecule has 2 aromatic rings. The first kappa shape index (κ1) is 15.5. The average molecular weight is 312 g/mol. The van der Waals surface area contributed by atoms with Crippen molar-refractivity contribution in [2.75, 3.05) is 31.1 Å². The SMILES string of the molecule is Cc1ccc(C(=O)N2CCN(c3ccccc3F)CC2)cc1C. The van der Waals surface area contributed by atoms with E-state index in [2.05, 4.69) is 0 Å². The number of aryl methyl sites for hydroxylation is 2. The Balaban J connectivity index is 1.68. The summed E-state index contributed by atoms with van der Waals surface area (Å²) in [4.78, 5) is 16.5. The minimum atomic E-state index is -0.207. The highest BCUT2D eigenvalue weighted by molar-refractivity contribution is 5.94. The first-order valence-corrected chi connectivity index (χ1v) is 7.92. The maximum absolute atomic E-state index is 13.9. The van der Waals surface area contributed by atoms with Gasteiger partial charge in [0.1, 0.15) is 5.82 Å². The largest absolute Gasteiger partial charge is 0.366 e. The van der Waals surface area contributed by atoms with Gasteiger partial charge in [-0.15, -0.1) is 0 Å². The lowest BCUT2D eigenvalue weighted by atomic mass is 10.1. The van der Waals surface area contributed by atoms with Gasteiger partial charge in [0.15, 0.2) is 0 Å². The van der Waals surface area contributed by atoms with Crippen molar-refractivity contribution in [2.24, 2.45) is 0 Å². The molecule has 1 amide bonds. The van der Waals surface area contributed by atoms with Gasteiger partial charge in [-0.3, -0.25) is 4.79 Å². The van der Waals surface area contributed by atoms with Gasteiger partial charge in [0.25, 0.3) is 5.91 Å². The number of carbonyl (C=O) groups excluding carboxylic acids is 1. The molecule has 0 radical (unpaired) electrons. The van der Waals surface area contributed by atoms with Crippen molar-refractivity contribution in [2.45, 2.75) is 13.8 Å². The van der Waals surface area contributed by atoms with Crippen molar-refractivity contribution in [3.8, 4) is 0 Å². The summed E-state index contributed by atoms with van der Waals surface area (Å²) in [6, 6.07) is 12.6. The molecular formula is C19H21FN2O. The van der Waals surface area contributed by atoms with E-state index >= 15 is 0 Å². The number of anilines is 1. The molecule has 4 heteroatoms. The Bertz CT molecular complexity index is 721. The molecule has 0 unspecified atom stereocenters. The number of halogens is 1. The van der Waals surface area contributed by atoms with Crippen molar-refractivity contribution < 1.29 is 9.18 Å². The molecule has 0 aromatic heterocycles. The van der Waals surface area contributed by atoms with E-state index in [4.69, 9.17) is 0 Å². The molecule has 0 atom stereocenters. The summed E-state index contributed by atoms with van der Waals surface area (Å²) >= 11 is 0. The fourth-order valence-corrected chi connectivity index (χ4v) is 2.92. The van der Waals surface area contributed by atoms with Gasteiger partial charge >= 0.3 is 0 Å². The predicted octanol–water partition coefficient (Wildman–Crippen LogP) is 3.40. The smallest absolute Gasteiger partial charge is 0.253 e. The zero-order valence-electron chi connectivity index (χ0n) is 13.6. The molecule has 0 aliphatic carbocycles. The van der Waals surface area contributed by atoms with Crippen LogP contribution in [0.1, 0.15) is 21.5 Å². The average Bonchev–Trinajstić information content (AvgIpc) is 2.57. The van der Waals surface area contributed by atoms with E-state index in [1.165, 1.54) is 11.6 Å². The van der Waals surface area contributed by atoms with E-state index in [9.17, 15) is 9.18 Å². The summed E-state index contributed by atoms with van der Waals surface area (Å²) in [5.74, 6) is -0.150. The monoisotopic (exact) mass is 312 g/mol. The minimum Gasteiger partial charge on any atom is -0.366 e. The number of amides is 1. The predicted molar refractivity (Wildman–Crippen MR) is 90.4 cm³/mol. The summed E-state index contributed by atoms with van der Waals surface area (Å²) < 4.78 is 13.9. The number of carbonyl (C=O) groups is 1. The zero-order chi connectivity index (χ0) is 16.4. The van der Waals surface area contributed by atoms with Crippen LogP contribution in [0.4, 0.5) is 10.1 Å². The second-order valence-corrected chi connectivity index (χ2v) is 6.03. The standard InChI is InChI=1S/C19H21FN2O/c1-14-7-8-16(13-15(14)2)19(23)22-11-9-21(10-12-22)18-6-4-3-5-17(18)20/h3-8,13H,9-12H2,1-2H3. The first-order valence-electron chi connectivity index (χ1n) is 7.92. The van der Waals surface area contributed by atoms with E-state index in [1.807, 2.05) is 47.9 Å². The minimum absolute atomic E-state index is 0.0567. The third-order valence-corrected chi connectivity index (χ3v) is 4.51. The van der Waals surface area contributed by atoms with Crippen molar-refractivity contribution in [1.82, 2.24) is 4.90 Å². The van der Waals surface area contributed by atoms with E-state index in [1.54, 1.807) is 12.1 Å². The number of rotatable bonds is 2.